The number of aromatic nitrogens is 2. The quantitative estimate of drug-likeness (QED) is 0.522. The van der Waals surface area contributed by atoms with E-state index in [-0.39, 0.29) is 5.56 Å². The van der Waals surface area contributed by atoms with Gasteiger partial charge in [0.05, 0.1) is 22.7 Å². The topological polar surface area (TPSA) is 34.9 Å². The molecule has 23 heavy (non-hydrogen) atoms. The first-order valence-electron chi connectivity index (χ1n) is 6.99. The molecule has 0 aliphatic heterocycles. The Hall–Kier alpha value is -1.95. The maximum atomic E-state index is 12.7. The maximum Gasteiger partial charge on any atom is 0.271 e. The third kappa shape index (κ3) is 2.83. The van der Waals surface area contributed by atoms with Gasteiger partial charge < -0.3 is 0 Å². The van der Waals surface area contributed by atoms with Crippen molar-refractivity contribution in [2.24, 2.45) is 0 Å². The van der Waals surface area contributed by atoms with Crippen LogP contribution in [-0.4, -0.2) is 9.55 Å². The van der Waals surface area contributed by atoms with Gasteiger partial charge in [-0.2, -0.15) is 0 Å². The third-order valence-electron chi connectivity index (χ3n) is 3.52. The fraction of sp³-hybridized carbons (Fsp3) is 0.0588. The standard InChI is InChI=1S/C17H11ClN2OS2/c18-15-7-6-12(22-15)9-20-10-19-13-8-14(23-16(13)17(20)21)11-4-2-1-3-5-11/h1-8,10H,9H2. The van der Waals surface area contributed by atoms with E-state index in [4.69, 9.17) is 11.6 Å². The van der Waals surface area contributed by atoms with Crippen LogP contribution in [0.5, 0.6) is 0 Å². The molecule has 0 N–H and O–H groups in total. The second kappa shape index (κ2) is 5.92. The molecule has 0 unspecified atom stereocenters. The first-order chi connectivity index (χ1) is 11.2. The van der Waals surface area contributed by atoms with Crippen LogP contribution in [-0.2, 0) is 6.54 Å². The summed E-state index contributed by atoms with van der Waals surface area (Å²) in [4.78, 5) is 19.2. The normalized spacial score (nSPS) is 11.2. The second-order valence-electron chi connectivity index (χ2n) is 5.07. The fourth-order valence-corrected chi connectivity index (χ4v) is 4.56. The maximum absolute atomic E-state index is 12.7. The van der Waals surface area contributed by atoms with Crippen molar-refractivity contribution in [3.8, 4) is 10.4 Å². The molecular weight excluding hydrogens is 348 g/mol. The van der Waals surface area contributed by atoms with E-state index >= 15 is 0 Å². The largest absolute Gasteiger partial charge is 0.293 e. The number of thiophene rings is 2. The van der Waals surface area contributed by atoms with Crippen molar-refractivity contribution in [1.82, 2.24) is 9.55 Å². The lowest BCUT2D eigenvalue weighted by atomic mass is 10.2. The Bertz CT molecular complexity index is 1030. The molecule has 3 nitrogen and oxygen atoms in total. The molecule has 0 saturated heterocycles. The molecule has 4 aromatic rings. The van der Waals surface area contributed by atoms with Crippen molar-refractivity contribution < 1.29 is 0 Å². The number of hydrogen-bond acceptors (Lipinski definition) is 4. The zero-order valence-electron chi connectivity index (χ0n) is 11.9. The molecule has 4 rings (SSSR count). The van der Waals surface area contributed by atoms with Crippen molar-refractivity contribution >= 4 is 44.5 Å². The molecular formula is C17H11ClN2OS2. The summed E-state index contributed by atoms with van der Waals surface area (Å²) in [6.07, 6.45) is 1.61. The number of rotatable bonds is 3. The van der Waals surface area contributed by atoms with Gasteiger partial charge in [0.1, 0.15) is 4.70 Å². The number of nitrogens with zero attached hydrogens (tertiary/aromatic N) is 2. The van der Waals surface area contributed by atoms with Crippen LogP contribution in [0, 0.1) is 0 Å². The molecule has 0 atom stereocenters. The van der Waals surface area contributed by atoms with Crippen molar-refractivity contribution in [2.45, 2.75) is 6.54 Å². The minimum atomic E-state index is -0.00768. The van der Waals surface area contributed by atoms with Gasteiger partial charge in [0.2, 0.25) is 0 Å². The SMILES string of the molecule is O=c1c2sc(-c3ccccc3)cc2ncn1Cc1ccc(Cl)s1. The highest BCUT2D eigenvalue weighted by atomic mass is 35.5. The van der Waals surface area contributed by atoms with Gasteiger partial charge in [0.15, 0.2) is 0 Å². The zero-order chi connectivity index (χ0) is 15.8. The van der Waals surface area contributed by atoms with Crippen molar-refractivity contribution in [2.75, 3.05) is 0 Å². The van der Waals surface area contributed by atoms with Crippen LogP contribution in [0.1, 0.15) is 4.88 Å². The van der Waals surface area contributed by atoms with E-state index in [0.29, 0.717) is 11.2 Å². The third-order valence-corrected chi connectivity index (χ3v) is 5.89. The predicted molar refractivity (Wildman–Crippen MR) is 97.7 cm³/mol. The Balaban J connectivity index is 1.77. The molecule has 0 amide bonds. The summed E-state index contributed by atoms with van der Waals surface area (Å²) in [5.41, 5.74) is 1.84. The molecule has 3 heterocycles. The minimum absolute atomic E-state index is 0.00768. The van der Waals surface area contributed by atoms with Crippen LogP contribution in [0.4, 0.5) is 0 Å². The molecule has 114 valence electrons. The molecule has 0 bridgehead atoms. The summed E-state index contributed by atoms with van der Waals surface area (Å²) in [6.45, 7) is 0.498. The monoisotopic (exact) mass is 358 g/mol. The fourth-order valence-electron chi connectivity index (χ4n) is 2.41. The second-order valence-corrected chi connectivity index (χ2v) is 7.93. The van der Waals surface area contributed by atoms with Crippen LogP contribution >= 0.6 is 34.3 Å². The van der Waals surface area contributed by atoms with Crippen LogP contribution in [0.25, 0.3) is 20.7 Å². The van der Waals surface area contributed by atoms with E-state index in [2.05, 4.69) is 4.98 Å². The Morgan fingerprint density at radius 3 is 2.65 bits per heavy atom. The molecule has 0 spiro atoms. The highest BCUT2D eigenvalue weighted by Crippen LogP contribution is 2.30. The lowest BCUT2D eigenvalue weighted by Crippen LogP contribution is -2.19. The van der Waals surface area contributed by atoms with Crippen LogP contribution < -0.4 is 5.56 Å². The Kier molecular flexibility index (Phi) is 3.77. The zero-order valence-corrected chi connectivity index (χ0v) is 14.3. The summed E-state index contributed by atoms with van der Waals surface area (Å²) in [5.74, 6) is 0. The van der Waals surface area contributed by atoms with Crippen molar-refractivity contribution in [3.05, 3.63) is 74.4 Å². The summed E-state index contributed by atoms with van der Waals surface area (Å²) in [6, 6.07) is 15.8. The summed E-state index contributed by atoms with van der Waals surface area (Å²) < 4.78 is 3.05. The molecule has 0 saturated carbocycles. The van der Waals surface area contributed by atoms with Gasteiger partial charge in [-0.3, -0.25) is 9.36 Å². The first-order valence-corrected chi connectivity index (χ1v) is 9.00. The van der Waals surface area contributed by atoms with E-state index in [1.165, 1.54) is 22.7 Å². The minimum Gasteiger partial charge on any atom is -0.293 e. The van der Waals surface area contributed by atoms with Gasteiger partial charge in [-0.1, -0.05) is 41.9 Å². The van der Waals surface area contributed by atoms with Crippen LogP contribution in [0.15, 0.2) is 59.7 Å². The average Bonchev–Trinajstić information content (AvgIpc) is 3.18. The van der Waals surface area contributed by atoms with E-state index in [9.17, 15) is 4.79 Å². The van der Waals surface area contributed by atoms with Gasteiger partial charge in [0.25, 0.3) is 5.56 Å². The summed E-state index contributed by atoms with van der Waals surface area (Å²) in [7, 11) is 0. The van der Waals surface area contributed by atoms with Crippen molar-refractivity contribution in [1.29, 1.82) is 0 Å². The molecule has 1 aromatic carbocycles. The Morgan fingerprint density at radius 2 is 1.91 bits per heavy atom. The van der Waals surface area contributed by atoms with Gasteiger partial charge in [-0.15, -0.1) is 22.7 Å². The number of benzene rings is 1. The van der Waals surface area contributed by atoms with Crippen LogP contribution in [0.2, 0.25) is 4.34 Å². The number of halogens is 1. The Labute approximate surface area is 145 Å². The van der Waals surface area contributed by atoms with E-state index in [0.717, 1.165) is 25.2 Å². The number of fused-ring (bicyclic) bond motifs is 1. The number of hydrogen-bond donors (Lipinski definition) is 0. The lowest BCUT2D eigenvalue weighted by Gasteiger charge is -2.02. The highest BCUT2D eigenvalue weighted by Gasteiger charge is 2.11. The highest BCUT2D eigenvalue weighted by molar-refractivity contribution is 7.22. The summed E-state index contributed by atoms with van der Waals surface area (Å²) in [5, 5.41) is 0. The smallest absolute Gasteiger partial charge is 0.271 e. The van der Waals surface area contributed by atoms with Crippen LogP contribution in [0.3, 0.4) is 0 Å². The van der Waals surface area contributed by atoms with Gasteiger partial charge in [-0.05, 0) is 23.8 Å². The van der Waals surface area contributed by atoms with E-state index < -0.39 is 0 Å². The average molecular weight is 359 g/mol. The molecule has 0 radical (unpaired) electrons. The summed E-state index contributed by atoms with van der Waals surface area (Å²) >= 11 is 8.92. The molecule has 0 aliphatic rings. The first kappa shape index (κ1) is 14.6. The van der Waals surface area contributed by atoms with Crippen molar-refractivity contribution in [3.63, 3.8) is 0 Å². The van der Waals surface area contributed by atoms with Gasteiger partial charge in [0, 0.05) is 9.75 Å². The predicted octanol–water partition coefficient (Wildman–Crippen LogP) is 4.89. The molecule has 6 heteroatoms. The van der Waals surface area contributed by atoms with Gasteiger partial charge >= 0.3 is 0 Å². The van der Waals surface area contributed by atoms with Gasteiger partial charge in [-0.25, -0.2) is 4.98 Å². The molecule has 3 aromatic heterocycles. The molecule has 0 aliphatic carbocycles. The Morgan fingerprint density at radius 1 is 1.09 bits per heavy atom. The molecule has 0 fully saturated rings. The van der Waals surface area contributed by atoms with E-state index in [1.807, 2.05) is 48.5 Å². The van der Waals surface area contributed by atoms with E-state index in [1.54, 1.807) is 10.9 Å². The lowest BCUT2D eigenvalue weighted by molar-refractivity contribution is 0.760.